The first-order chi connectivity index (χ1) is 8.15. The number of hydrogen-bond donors (Lipinski definition) is 1. The Morgan fingerprint density at radius 2 is 1.88 bits per heavy atom. The van der Waals surface area contributed by atoms with Gasteiger partial charge in [-0.3, -0.25) is 0 Å². The van der Waals surface area contributed by atoms with Gasteiger partial charge in [0.2, 0.25) is 0 Å². The first-order valence-electron chi connectivity index (χ1n) is 6.77. The number of cyclic esters (lactones) is 1. The summed E-state index contributed by atoms with van der Waals surface area (Å²) in [5, 5.41) is 9.73. The first kappa shape index (κ1) is 14.1. The Bertz CT molecular complexity index is 281. The van der Waals surface area contributed by atoms with Crippen LogP contribution in [0.4, 0.5) is 0 Å². The molecular formula is C14H24O3. The summed E-state index contributed by atoms with van der Waals surface area (Å²) in [5.74, 6) is -0.0860. The number of unbranched alkanes of at least 4 members (excludes halogenated alkanes) is 5. The van der Waals surface area contributed by atoms with E-state index in [9.17, 15) is 9.90 Å². The third kappa shape index (κ3) is 4.80. The number of hydrogen-bond acceptors (Lipinski definition) is 3. The first-order valence-corrected chi connectivity index (χ1v) is 6.77. The predicted molar refractivity (Wildman–Crippen MR) is 67.8 cm³/mol. The van der Waals surface area contributed by atoms with E-state index in [0.717, 1.165) is 12.8 Å². The topological polar surface area (TPSA) is 46.5 Å². The summed E-state index contributed by atoms with van der Waals surface area (Å²) < 4.78 is 5.11. The van der Waals surface area contributed by atoms with Crippen LogP contribution in [0.5, 0.6) is 0 Å². The Kier molecular flexibility index (Phi) is 6.09. The van der Waals surface area contributed by atoms with E-state index < -0.39 is 0 Å². The third-order valence-electron chi connectivity index (χ3n) is 3.16. The molecule has 0 aromatic carbocycles. The third-order valence-corrected chi connectivity index (χ3v) is 3.16. The number of ether oxygens (including phenoxy) is 1. The van der Waals surface area contributed by atoms with Gasteiger partial charge in [-0.05, 0) is 19.8 Å². The Balaban J connectivity index is 2.26. The summed E-state index contributed by atoms with van der Waals surface area (Å²) in [5.41, 5.74) is 0.499. The van der Waals surface area contributed by atoms with Crippen molar-refractivity contribution in [3.8, 4) is 0 Å². The van der Waals surface area contributed by atoms with Crippen LogP contribution in [-0.2, 0) is 9.53 Å². The van der Waals surface area contributed by atoms with Crippen LogP contribution >= 0.6 is 0 Å². The molecule has 0 spiro atoms. The molecule has 0 aromatic heterocycles. The molecule has 1 rings (SSSR count). The largest absolute Gasteiger partial charge is 0.512 e. The van der Waals surface area contributed by atoms with Gasteiger partial charge in [0.15, 0.2) is 0 Å². The molecule has 1 atom stereocenters. The lowest BCUT2D eigenvalue weighted by Crippen LogP contribution is -2.24. The minimum atomic E-state index is -0.324. The Labute approximate surface area is 104 Å². The summed E-state index contributed by atoms with van der Waals surface area (Å²) in [6, 6.07) is 0. The molecule has 0 radical (unpaired) electrons. The van der Waals surface area contributed by atoms with Crippen molar-refractivity contribution in [2.24, 2.45) is 0 Å². The number of carbonyl (C=O) groups is 1. The van der Waals surface area contributed by atoms with Gasteiger partial charge in [0, 0.05) is 6.42 Å². The summed E-state index contributed by atoms with van der Waals surface area (Å²) in [6.45, 7) is 4.00. The fourth-order valence-electron chi connectivity index (χ4n) is 2.14. The van der Waals surface area contributed by atoms with E-state index >= 15 is 0 Å². The van der Waals surface area contributed by atoms with Crippen molar-refractivity contribution in [3.05, 3.63) is 11.3 Å². The second-order valence-corrected chi connectivity index (χ2v) is 4.86. The molecule has 0 unspecified atom stereocenters. The molecule has 0 aromatic rings. The lowest BCUT2D eigenvalue weighted by atomic mass is 10.0. The van der Waals surface area contributed by atoms with Crippen LogP contribution in [-0.4, -0.2) is 17.2 Å². The van der Waals surface area contributed by atoms with Crippen LogP contribution in [0, 0.1) is 0 Å². The van der Waals surface area contributed by atoms with E-state index in [2.05, 4.69) is 6.92 Å². The fourth-order valence-corrected chi connectivity index (χ4v) is 2.14. The fraction of sp³-hybridized carbons (Fsp3) is 0.786. The van der Waals surface area contributed by atoms with Crippen molar-refractivity contribution in [2.75, 3.05) is 0 Å². The summed E-state index contributed by atoms with van der Waals surface area (Å²) in [6.07, 6.45) is 8.04. The normalized spacial score (nSPS) is 20.6. The van der Waals surface area contributed by atoms with Gasteiger partial charge in [0.25, 0.3) is 0 Å². The average Bonchev–Trinajstić information content (AvgIpc) is 2.26. The van der Waals surface area contributed by atoms with Gasteiger partial charge in [-0.2, -0.15) is 0 Å². The molecule has 0 saturated carbocycles. The quantitative estimate of drug-likeness (QED) is 0.542. The smallest absolute Gasteiger partial charge is 0.337 e. The van der Waals surface area contributed by atoms with E-state index in [1.54, 1.807) is 6.92 Å². The molecule has 1 aliphatic heterocycles. The zero-order valence-electron chi connectivity index (χ0n) is 11.0. The second kappa shape index (κ2) is 7.36. The van der Waals surface area contributed by atoms with Gasteiger partial charge in [-0.25, -0.2) is 4.79 Å². The highest BCUT2D eigenvalue weighted by Crippen LogP contribution is 2.24. The maximum Gasteiger partial charge on any atom is 0.337 e. The lowest BCUT2D eigenvalue weighted by molar-refractivity contribution is -0.145. The number of rotatable bonds is 7. The molecule has 0 bridgehead atoms. The van der Waals surface area contributed by atoms with Gasteiger partial charge in [0.05, 0.1) is 5.57 Å². The van der Waals surface area contributed by atoms with Gasteiger partial charge < -0.3 is 9.84 Å². The average molecular weight is 240 g/mol. The Morgan fingerprint density at radius 1 is 1.24 bits per heavy atom. The number of aliphatic hydroxyl groups excluding tert-OH is 1. The molecule has 3 heteroatoms. The molecule has 0 aliphatic carbocycles. The van der Waals surface area contributed by atoms with Crippen LogP contribution in [0.1, 0.15) is 65.2 Å². The minimum absolute atomic E-state index is 0.184. The second-order valence-electron chi connectivity index (χ2n) is 4.86. The van der Waals surface area contributed by atoms with E-state index in [1.165, 1.54) is 25.7 Å². The molecule has 1 heterocycles. The molecule has 0 fully saturated rings. The number of esters is 1. The lowest BCUT2D eigenvalue weighted by Gasteiger charge is -2.21. The van der Waals surface area contributed by atoms with Gasteiger partial charge in [-0.1, -0.05) is 39.0 Å². The highest BCUT2D eigenvalue weighted by molar-refractivity contribution is 5.89. The molecular weight excluding hydrogens is 216 g/mol. The van der Waals surface area contributed by atoms with Crippen molar-refractivity contribution in [2.45, 2.75) is 71.3 Å². The van der Waals surface area contributed by atoms with E-state index in [1.807, 2.05) is 0 Å². The standard InChI is InChI=1S/C14H24O3/c1-3-4-5-6-7-8-9-12-13(15)10-11(2)17-14(12)16/h11,15H,3-10H2,1-2H3/t11-/m1/s1. The molecule has 98 valence electrons. The molecule has 0 amide bonds. The minimum Gasteiger partial charge on any atom is -0.512 e. The summed E-state index contributed by atoms with van der Waals surface area (Å²) >= 11 is 0. The summed E-state index contributed by atoms with van der Waals surface area (Å²) in [4.78, 5) is 11.5. The van der Waals surface area contributed by atoms with E-state index in [0.29, 0.717) is 18.4 Å². The summed E-state index contributed by atoms with van der Waals surface area (Å²) in [7, 11) is 0. The monoisotopic (exact) mass is 240 g/mol. The van der Waals surface area contributed by atoms with Gasteiger partial charge in [0.1, 0.15) is 11.9 Å². The zero-order chi connectivity index (χ0) is 12.7. The van der Waals surface area contributed by atoms with Crippen molar-refractivity contribution < 1.29 is 14.6 Å². The highest BCUT2D eigenvalue weighted by atomic mass is 16.5. The van der Waals surface area contributed by atoms with Crippen LogP contribution < -0.4 is 0 Å². The van der Waals surface area contributed by atoms with Gasteiger partial charge >= 0.3 is 5.97 Å². The molecule has 0 saturated heterocycles. The van der Waals surface area contributed by atoms with Gasteiger partial charge in [-0.15, -0.1) is 0 Å². The highest BCUT2D eigenvalue weighted by Gasteiger charge is 2.25. The molecule has 17 heavy (non-hydrogen) atoms. The zero-order valence-corrected chi connectivity index (χ0v) is 11.0. The molecule has 3 nitrogen and oxygen atoms in total. The Morgan fingerprint density at radius 3 is 2.53 bits per heavy atom. The maximum absolute atomic E-state index is 11.5. The molecule has 1 aliphatic rings. The van der Waals surface area contributed by atoms with E-state index in [4.69, 9.17) is 4.74 Å². The van der Waals surface area contributed by atoms with E-state index in [-0.39, 0.29) is 17.8 Å². The van der Waals surface area contributed by atoms with Crippen LogP contribution in [0.2, 0.25) is 0 Å². The maximum atomic E-state index is 11.5. The number of carbonyl (C=O) groups excluding carboxylic acids is 1. The van der Waals surface area contributed by atoms with Crippen molar-refractivity contribution in [1.29, 1.82) is 0 Å². The van der Waals surface area contributed by atoms with Crippen molar-refractivity contribution >= 4 is 5.97 Å². The molecule has 1 N–H and O–H groups in total. The van der Waals surface area contributed by atoms with Crippen LogP contribution in [0.3, 0.4) is 0 Å². The van der Waals surface area contributed by atoms with Crippen LogP contribution in [0.25, 0.3) is 0 Å². The van der Waals surface area contributed by atoms with Crippen LogP contribution in [0.15, 0.2) is 11.3 Å². The van der Waals surface area contributed by atoms with Crippen molar-refractivity contribution in [1.82, 2.24) is 0 Å². The van der Waals surface area contributed by atoms with Crippen molar-refractivity contribution in [3.63, 3.8) is 0 Å². The predicted octanol–water partition coefficient (Wildman–Crippen LogP) is 3.88. The number of aliphatic hydroxyl groups is 1. The Hall–Kier alpha value is -0.990. The SMILES string of the molecule is CCCCCCCCC1=C(O)C[C@@H](C)OC1=O.